The number of nitrogens with one attached hydrogen (secondary N) is 1. The summed E-state index contributed by atoms with van der Waals surface area (Å²) in [5.41, 5.74) is -2.54. The predicted molar refractivity (Wildman–Crippen MR) is 110 cm³/mol. The van der Waals surface area contributed by atoms with Crippen molar-refractivity contribution in [2.75, 3.05) is 16.8 Å². The third-order valence-corrected chi connectivity index (χ3v) is 6.09. The standard InChI is InChI=1S/C21H15F6N3O2S/c1-10-28-16-8-15(2-3-17(16)33-10)30-9-11(4-18(30)31)19(32)29-14-6-12(20(22,23)24)5-13(7-14)21(25,26)27/h2-3,5-8,11H,4,9H2,1H3,(H,29,32). The van der Waals surface area contributed by atoms with Gasteiger partial charge in [0.1, 0.15) is 0 Å². The number of carbonyl (C=O) groups excluding carboxylic acids is 2. The number of benzene rings is 2. The van der Waals surface area contributed by atoms with Crippen LogP contribution in [0.15, 0.2) is 36.4 Å². The first-order valence-electron chi connectivity index (χ1n) is 9.59. The summed E-state index contributed by atoms with van der Waals surface area (Å²) in [6.45, 7) is 1.77. The molecule has 0 aliphatic carbocycles. The smallest absolute Gasteiger partial charge is 0.326 e. The van der Waals surface area contributed by atoms with E-state index in [1.165, 1.54) is 16.2 Å². The van der Waals surface area contributed by atoms with Crippen LogP contribution in [0.25, 0.3) is 10.2 Å². The monoisotopic (exact) mass is 487 g/mol. The van der Waals surface area contributed by atoms with Crippen LogP contribution in [0.1, 0.15) is 22.6 Å². The van der Waals surface area contributed by atoms with Crippen molar-refractivity contribution in [1.82, 2.24) is 4.98 Å². The van der Waals surface area contributed by atoms with E-state index in [4.69, 9.17) is 0 Å². The number of aryl methyl sites for hydroxylation is 1. The molecule has 12 heteroatoms. The number of thiazole rings is 1. The van der Waals surface area contributed by atoms with Crippen LogP contribution in [0.4, 0.5) is 37.7 Å². The summed E-state index contributed by atoms with van der Waals surface area (Å²) in [5.74, 6) is -2.18. The number of carbonyl (C=O) groups is 2. The van der Waals surface area contributed by atoms with Gasteiger partial charge in [-0.05, 0) is 43.3 Å². The zero-order valence-electron chi connectivity index (χ0n) is 16.8. The molecule has 1 N–H and O–H groups in total. The molecule has 1 aliphatic heterocycles. The molecule has 3 aromatic rings. The minimum absolute atomic E-state index is 0.0210. The Morgan fingerprint density at radius 1 is 1.06 bits per heavy atom. The predicted octanol–water partition coefficient (Wildman–Crippen LogP) is 5.63. The maximum atomic E-state index is 13.0. The number of fused-ring (bicyclic) bond motifs is 1. The van der Waals surface area contributed by atoms with Gasteiger partial charge in [0.25, 0.3) is 0 Å². The summed E-state index contributed by atoms with van der Waals surface area (Å²) >= 11 is 1.48. The van der Waals surface area contributed by atoms with Crippen LogP contribution in [0, 0.1) is 12.8 Å². The number of anilines is 2. The van der Waals surface area contributed by atoms with Crippen molar-refractivity contribution in [2.24, 2.45) is 5.92 Å². The highest BCUT2D eigenvalue weighted by atomic mass is 32.1. The number of rotatable bonds is 3. The molecule has 1 atom stereocenters. The van der Waals surface area contributed by atoms with E-state index in [0.717, 1.165) is 9.71 Å². The number of nitrogens with zero attached hydrogens (tertiary/aromatic N) is 2. The van der Waals surface area contributed by atoms with Crippen molar-refractivity contribution in [2.45, 2.75) is 25.7 Å². The lowest BCUT2D eigenvalue weighted by Crippen LogP contribution is -2.28. The lowest BCUT2D eigenvalue weighted by atomic mass is 10.1. The number of halogens is 6. The molecular formula is C21H15F6N3O2S. The SMILES string of the molecule is Cc1nc2cc(N3CC(C(=O)Nc4cc(C(F)(F)F)cc(C(F)(F)F)c4)CC3=O)ccc2s1. The van der Waals surface area contributed by atoms with Crippen LogP contribution in [0.5, 0.6) is 0 Å². The van der Waals surface area contributed by atoms with Crippen molar-refractivity contribution in [3.8, 4) is 0 Å². The summed E-state index contributed by atoms with van der Waals surface area (Å²) in [6, 6.07) is 6.02. The van der Waals surface area contributed by atoms with Crippen LogP contribution in [0.2, 0.25) is 0 Å². The first-order chi connectivity index (χ1) is 15.3. The molecule has 1 aliphatic rings. The highest BCUT2D eigenvalue weighted by Crippen LogP contribution is 2.38. The molecule has 0 bridgehead atoms. The second kappa shape index (κ2) is 8.01. The Morgan fingerprint density at radius 2 is 1.70 bits per heavy atom. The van der Waals surface area contributed by atoms with Crippen molar-refractivity contribution in [3.63, 3.8) is 0 Å². The molecule has 1 unspecified atom stereocenters. The summed E-state index contributed by atoms with van der Waals surface area (Å²) in [6.07, 6.45) is -10.3. The summed E-state index contributed by atoms with van der Waals surface area (Å²) in [4.78, 5) is 30.8. The molecule has 4 rings (SSSR count). The van der Waals surface area contributed by atoms with E-state index in [9.17, 15) is 35.9 Å². The largest absolute Gasteiger partial charge is 0.416 e. The zero-order chi connectivity index (χ0) is 24.1. The Hall–Kier alpha value is -3.15. The van der Waals surface area contributed by atoms with E-state index in [-0.39, 0.29) is 24.9 Å². The maximum Gasteiger partial charge on any atom is 0.416 e. The molecule has 1 aromatic heterocycles. The Morgan fingerprint density at radius 3 is 2.30 bits per heavy atom. The highest BCUT2D eigenvalue weighted by molar-refractivity contribution is 7.18. The number of alkyl halides is 6. The Balaban J connectivity index is 1.55. The molecule has 174 valence electrons. The lowest BCUT2D eigenvalue weighted by molar-refractivity contribution is -0.143. The molecule has 0 saturated carbocycles. The van der Waals surface area contributed by atoms with E-state index in [1.807, 2.05) is 6.92 Å². The third kappa shape index (κ3) is 4.80. The Kier molecular flexibility index (Phi) is 5.59. The molecule has 2 amide bonds. The second-order valence-corrected chi connectivity index (χ2v) is 8.81. The van der Waals surface area contributed by atoms with Crippen molar-refractivity contribution < 1.29 is 35.9 Å². The van der Waals surface area contributed by atoms with E-state index in [0.29, 0.717) is 23.3 Å². The number of amides is 2. The van der Waals surface area contributed by atoms with Crippen LogP contribution >= 0.6 is 11.3 Å². The van der Waals surface area contributed by atoms with Gasteiger partial charge in [0.2, 0.25) is 11.8 Å². The molecule has 5 nitrogen and oxygen atoms in total. The Bertz CT molecular complexity index is 1220. The summed E-state index contributed by atoms with van der Waals surface area (Å²) in [5, 5.41) is 2.95. The van der Waals surface area contributed by atoms with Crippen molar-refractivity contribution in [1.29, 1.82) is 0 Å². The van der Waals surface area contributed by atoms with Gasteiger partial charge >= 0.3 is 12.4 Å². The maximum absolute atomic E-state index is 13.0. The summed E-state index contributed by atoms with van der Waals surface area (Å²) < 4.78 is 79.2. The van der Waals surface area contributed by atoms with Gasteiger partial charge in [0, 0.05) is 24.3 Å². The van der Waals surface area contributed by atoms with Crippen molar-refractivity contribution >= 4 is 44.7 Å². The molecule has 2 heterocycles. The lowest BCUT2D eigenvalue weighted by Gasteiger charge is -2.18. The van der Waals surface area contributed by atoms with Gasteiger partial charge in [-0.1, -0.05) is 0 Å². The molecular weight excluding hydrogens is 472 g/mol. The minimum atomic E-state index is -5.03. The van der Waals surface area contributed by atoms with E-state index < -0.39 is 41.0 Å². The van der Waals surface area contributed by atoms with E-state index >= 15 is 0 Å². The van der Waals surface area contributed by atoms with Gasteiger partial charge in [0.05, 0.1) is 32.3 Å². The average molecular weight is 487 g/mol. The second-order valence-electron chi connectivity index (χ2n) is 7.57. The zero-order valence-corrected chi connectivity index (χ0v) is 17.7. The first kappa shape index (κ1) is 23.0. The molecule has 0 radical (unpaired) electrons. The van der Waals surface area contributed by atoms with Gasteiger partial charge in [-0.15, -0.1) is 11.3 Å². The number of hydrogen-bond donors (Lipinski definition) is 1. The van der Waals surface area contributed by atoms with E-state index in [2.05, 4.69) is 10.3 Å². The number of aromatic nitrogens is 1. The quantitative estimate of drug-likeness (QED) is 0.487. The fourth-order valence-corrected chi connectivity index (χ4v) is 4.41. The minimum Gasteiger partial charge on any atom is -0.326 e. The van der Waals surface area contributed by atoms with E-state index in [1.54, 1.807) is 18.2 Å². The molecule has 0 spiro atoms. The molecule has 2 aromatic carbocycles. The van der Waals surface area contributed by atoms with Crippen LogP contribution in [0.3, 0.4) is 0 Å². The van der Waals surface area contributed by atoms with Gasteiger partial charge in [-0.25, -0.2) is 4.98 Å². The topological polar surface area (TPSA) is 62.3 Å². The normalized spacial score (nSPS) is 17.1. The fourth-order valence-electron chi connectivity index (χ4n) is 3.60. The molecule has 1 saturated heterocycles. The average Bonchev–Trinajstić information content (AvgIpc) is 3.27. The van der Waals surface area contributed by atoms with Gasteiger partial charge < -0.3 is 10.2 Å². The first-order valence-corrected chi connectivity index (χ1v) is 10.4. The van der Waals surface area contributed by atoms with Gasteiger partial charge in [-0.2, -0.15) is 26.3 Å². The van der Waals surface area contributed by atoms with Crippen LogP contribution in [-0.2, 0) is 21.9 Å². The number of hydrogen-bond acceptors (Lipinski definition) is 4. The molecule has 33 heavy (non-hydrogen) atoms. The molecule has 1 fully saturated rings. The van der Waals surface area contributed by atoms with Crippen molar-refractivity contribution in [3.05, 3.63) is 52.5 Å². The van der Waals surface area contributed by atoms with Gasteiger partial charge in [0.15, 0.2) is 0 Å². The highest BCUT2D eigenvalue weighted by Gasteiger charge is 2.38. The fraction of sp³-hybridized carbons (Fsp3) is 0.286. The van der Waals surface area contributed by atoms with Crippen LogP contribution in [-0.4, -0.2) is 23.3 Å². The van der Waals surface area contributed by atoms with Gasteiger partial charge in [-0.3, -0.25) is 9.59 Å². The third-order valence-electron chi connectivity index (χ3n) is 5.14. The Labute approximate surface area is 187 Å². The summed E-state index contributed by atoms with van der Waals surface area (Å²) in [7, 11) is 0. The van der Waals surface area contributed by atoms with Crippen LogP contribution < -0.4 is 10.2 Å².